The van der Waals surface area contributed by atoms with Gasteiger partial charge in [0.05, 0.1) is 22.7 Å². The number of alkyl halides is 1. The number of halogens is 1. The second kappa shape index (κ2) is 9.42. The zero-order chi connectivity index (χ0) is 18.3. The Balaban J connectivity index is 3.15. The van der Waals surface area contributed by atoms with Gasteiger partial charge < -0.3 is 20.9 Å². The van der Waals surface area contributed by atoms with Crippen molar-refractivity contribution >= 4 is 28.6 Å². The van der Waals surface area contributed by atoms with Crippen molar-refractivity contribution in [1.29, 1.82) is 0 Å². The Morgan fingerprint density at radius 2 is 2.25 bits per heavy atom. The van der Waals surface area contributed by atoms with E-state index < -0.39 is 18.0 Å². The summed E-state index contributed by atoms with van der Waals surface area (Å²) in [5.74, 6) is 0. The van der Waals surface area contributed by atoms with Gasteiger partial charge in [-0.2, -0.15) is 0 Å². The fourth-order valence-corrected chi connectivity index (χ4v) is 2.86. The van der Waals surface area contributed by atoms with E-state index in [0.717, 1.165) is 0 Å². The number of amides is 2. The van der Waals surface area contributed by atoms with Crippen molar-refractivity contribution in [2.45, 2.75) is 55.5 Å². The average Bonchev–Trinajstić information content (AvgIpc) is 2.56. The number of carbonyl (C=O) groups excluding carboxylic acids is 1. The van der Waals surface area contributed by atoms with E-state index in [1.807, 2.05) is 20.8 Å². The van der Waals surface area contributed by atoms with Crippen molar-refractivity contribution in [1.82, 2.24) is 10.2 Å². The van der Waals surface area contributed by atoms with Crippen LogP contribution in [-0.4, -0.2) is 51.1 Å². The van der Waals surface area contributed by atoms with Gasteiger partial charge in [0.1, 0.15) is 12.4 Å². The zero-order valence-corrected chi connectivity index (χ0v) is 16.3. The van der Waals surface area contributed by atoms with E-state index >= 15 is 0 Å². The zero-order valence-electron chi connectivity index (χ0n) is 14.1. The van der Waals surface area contributed by atoms with E-state index in [2.05, 4.69) is 37.9 Å². The van der Waals surface area contributed by atoms with Crippen LogP contribution in [0, 0.1) is 0 Å². The van der Waals surface area contributed by atoms with Gasteiger partial charge in [-0.1, -0.05) is 41.6 Å². The summed E-state index contributed by atoms with van der Waals surface area (Å²) in [7, 11) is 0. The molecular weight excluding hydrogens is 427 g/mol. The van der Waals surface area contributed by atoms with Crippen molar-refractivity contribution in [2.24, 2.45) is 10.8 Å². The minimum absolute atomic E-state index is 0.0522. The second-order valence-corrected chi connectivity index (χ2v) is 7.63. The highest BCUT2D eigenvalue weighted by Gasteiger charge is 2.38. The molecular formula is C14H25IN6O3. The Labute approximate surface area is 155 Å². The molecule has 0 fully saturated rings. The van der Waals surface area contributed by atoms with Crippen LogP contribution in [-0.2, 0) is 4.74 Å². The van der Waals surface area contributed by atoms with Crippen LogP contribution < -0.4 is 11.1 Å². The maximum Gasteiger partial charge on any atom is 0.325 e. The first kappa shape index (κ1) is 21.0. The third-order valence-electron chi connectivity index (χ3n) is 4.15. The molecule has 0 aromatic rings. The monoisotopic (exact) mass is 452 g/mol. The van der Waals surface area contributed by atoms with Crippen LogP contribution in [0.2, 0.25) is 0 Å². The summed E-state index contributed by atoms with van der Waals surface area (Å²) in [6.07, 6.45) is 1.51. The van der Waals surface area contributed by atoms with Crippen LogP contribution in [0.4, 0.5) is 4.79 Å². The van der Waals surface area contributed by atoms with Crippen molar-refractivity contribution in [3.63, 3.8) is 0 Å². The molecule has 0 saturated carbocycles. The average molecular weight is 452 g/mol. The van der Waals surface area contributed by atoms with Crippen LogP contribution in [0.25, 0.3) is 10.4 Å². The first-order valence-electron chi connectivity index (χ1n) is 7.82. The van der Waals surface area contributed by atoms with Gasteiger partial charge in [-0.25, -0.2) is 4.79 Å². The molecule has 0 saturated heterocycles. The summed E-state index contributed by atoms with van der Waals surface area (Å²) in [5.41, 5.74) is 14.2. The van der Waals surface area contributed by atoms with E-state index in [9.17, 15) is 9.90 Å². The van der Waals surface area contributed by atoms with Gasteiger partial charge in [0.15, 0.2) is 0 Å². The van der Waals surface area contributed by atoms with Gasteiger partial charge >= 0.3 is 6.03 Å². The highest BCUT2D eigenvalue weighted by atomic mass is 127. The lowest BCUT2D eigenvalue weighted by Crippen LogP contribution is -2.58. The van der Waals surface area contributed by atoms with E-state index in [1.165, 1.54) is 4.90 Å². The third-order valence-corrected chi connectivity index (χ3v) is 4.76. The van der Waals surface area contributed by atoms with Gasteiger partial charge in [-0.15, -0.1) is 0 Å². The highest BCUT2D eigenvalue weighted by Crippen LogP contribution is 2.28. The number of hydrogen-bond acceptors (Lipinski definition) is 5. The number of hydrogen-bond donors (Lipinski definition) is 3. The topological polar surface area (TPSA) is 137 Å². The summed E-state index contributed by atoms with van der Waals surface area (Å²) in [5, 5.41) is 15.9. The van der Waals surface area contributed by atoms with Gasteiger partial charge in [-0.05, 0) is 30.9 Å². The molecule has 10 heteroatoms. The molecule has 9 nitrogen and oxygen atoms in total. The lowest BCUT2D eigenvalue weighted by atomic mass is 9.98. The number of rotatable bonds is 9. The number of azide groups is 1. The quantitative estimate of drug-likeness (QED) is 0.162. The second-order valence-electron chi connectivity index (χ2n) is 5.66. The van der Waals surface area contributed by atoms with Crippen LogP contribution in [0.3, 0.4) is 0 Å². The Bertz CT molecular complexity index is 508. The number of nitrogens with zero attached hydrogens (tertiary/aromatic N) is 4. The molecule has 2 amide bonds. The smallest absolute Gasteiger partial charge is 0.325 e. The Hall–Kier alpha value is -1.07. The van der Waals surface area contributed by atoms with Gasteiger partial charge in [0.2, 0.25) is 0 Å². The Morgan fingerprint density at radius 3 is 2.71 bits per heavy atom. The minimum atomic E-state index is -0.719. The number of carbonyl (C=O) groups is 1. The number of aliphatic hydroxyl groups excluding tert-OH is 1. The summed E-state index contributed by atoms with van der Waals surface area (Å²) in [4.78, 5) is 16.5. The van der Waals surface area contributed by atoms with Gasteiger partial charge in [0.25, 0.3) is 0 Å². The Kier molecular flexibility index (Phi) is 8.23. The lowest BCUT2D eigenvalue weighted by Gasteiger charge is -2.41. The standard InChI is InChI=1S/C14H25IN6O3/c1-4-14(5-2,8-22)24-12(9(3)15)21-7-10(6-18-20-17)11(16)19-13(21)23/h7,9,11-12,22H,4-6,8,16H2,1-3H3,(H,19,23)/t9-,11?,12+/m0/s1. The molecule has 1 heterocycles. The van der Waals surface area contributed by atoms with Gasteiger partial charge in [-0.3, -0.25) is 4.90 Å². The van der Waals surface area contributed by atoms with Crippen molar-refractivity contribution in [3.8, 4) is 0 Å². The number of nitrogens with two attached hydrogens (primary N) is 1. The van der Waals surface area contributed by atoms with Crippen molar-refractivity contribution in [3.05, 3.63) is 22.2 Å². The summed E-state index contributed by atoms with van der Waals surface area (Å²) >= 11 is 2.18. The van der Waals surface area contributed by atoms with Crippen molar-refractivity contribution in [2.75, 3.05) is 13.2 Å². The van der Waals surface area contributed by atoms with Crippen LogP contribution >= 0.6 is 22.6 Å². The Morgan fingerprint density at radius 1 is 1.62 bits per heavy atom. The summed E-state index contributed by atoms with van der Waals surface area (Å²) in [6.45, 7) is 5.71. The summed E-state index contributed by atoms with van der Waals surface area (Å²) in [6, 6.07) is -0.389. The normalized spacial score (nSPS) is 20.8. The molecule has 1 unspecified atom stereocenters. The molecule has 0 spiro atoms. The minimum Gasteiger partial charge on any atom is -0.393 e. The molecule has 0 aliphatic carbocycles. The van der Waals surface area contributed by atoms with Gasteiger partial charge in [0, 0.05) is 11.1 Å². The van der Waals surface area contributed by atoms with E-state index in [4.69, 9.17) is 16.0 Å². The molecule has 0 bridgehead atoms. The van der Waals surface area contributed by atoms with E-state index in [-0.39, 0.29) is 23.1 Å². The fourth-order valence-electron chi connectivity index (χ4n) is 2.36. The van der Waals surface area contributed by atoms with E-state index in [0.29, 0.717) is 18.4 Å². The number of ether oxygens (including phenoxy) is 1. The lowest BCUT2D eigenvalue weighted by molar-refractivity contribution is -0.153. The first-order chi connectivity index (χ1) is 11.3. The molecule has 0 aromatic heterocycles. The van der Waals surface area contributed by atoms with Crippen molar-refractivity contribution < 1.29 is 14.6 Å². The van der Waals surface area contributed by atoms with Crippen LogP contribution in [0.5, 0.6) is 0 Å². The summed E-state index contributed by atoms with van der Waals surface area (Å²) < 4.78 is 6.11. The molecule has 3 atom stereocenters. The van der Waals surface area contributed by atoms with Crippen LogP contribution in [0.1, 0.15) is 33.6 Å². The maximum atomic E-state index is 12.4. The highest BCUT2D eigenvalue weighted by molar-refractivity contribution is 14.1. The number of aliphatic hydroxyl groups is 1. The molecule has 0 aromatic carbocycles. The third kappa shape index (κ3) is 4.96. The molecule has 1 aliphatic rings. The van der Waals surface area contributed by atoms with Crippen LogP contribution in [0.15, 0.2) is 16.9 Å². The number of nitrogens with one attached hydrogen (secondary N) is 1. The maximum absolute atomic E-state index is 12.4. The molecule has 4 N–H and O–H groups in total. The molecule has 136 valence electrons. The molecule has 1 rings (SSSR count). The largest absolute Gasteiger partial charge is 0.393 e. The SMILES string of the molecule is CCC(CC)(CO)O[C@H]([C@H](C)I)N1C=C(CN=[N+]=[N-])C(N)NC1=O. The predicted octanol–water partition coefficient (Wildman–Crippen LogP) is 2.21. The molecule has 24 heavy (non-hydrogen) atoms. The number of urea groups is 1. The first-order valence-corrected chi connectivity index (χ1v) is 9.07. The predicted molar refractivity (Wildman–Crippen MR) is 99.2 cm³/mol. The van der Waals surface area contributed by atoms with E-state index in [1.54, 1.807) is 6.20 Å². The molecule has 1 aliphatic heterocycles. The fraction of sp³-hybridized carbons (Fsp3) is 0.786. The molecule has 0 radical (unpaired) electrons.